The predicted octanol–water partition coefficient (Wildman–Crippen LogP) is 2.29. The first-order valence-corrected chi connectivity index (χ1v) is 7.33. The predicted molar refractivity (Wildman–Crippen MR) is 83.3 cm³/mol. The van der Waals surface area contributed by atoms with Crippen LogP contribution >= 0.6 is 0 Å². The Morgan fingerprint density at radius 1 is 1.41 bits per heavy atom. The van der Waals surface area contributed by atoms with Crippen LogP contribution in [0.1, 0.15) is 26.2 Å². The third-order valence-corrected chi connectivity index (χ3v) is 3.98. The van der Waals surface area contributed by atoms with Gasteiger partial charge in [0.1, 0.15) is 5.78 Å². The molecule has 1 saturated carbocycles. The fourth-order valence-electron chi connectivity index (χ4n) is 3.03. The minimum absolute atomic E-state index is 0.0703. The lowest BCUT2D eigenvalue weighted by molar-refractivity contribution is -0.136. The molecule has 1 heterocycles. The number of nitrogens with one attached hydrogen (secondary N) is 1. The number of Topliss-reactive ketones (excluding diaryl/α,β-unsaturated/α-hetero) is 1. The lowest BCUT2D eigenvalue weighted by atomic mass is 9.78. The number of carbonyl (C=O) groups is 2. The van der Waals surface area contributed by atoms with Gasteiger partial charge >= 0.3 is 0 Å². The minimum Gasteiger partial charge on any atom is -0.390 e. The van der Waals surface area contributed by atoms with Crippen molar-refractivity contribution in [2.24, 2.45) is 5.92 Å². The van der Waals surface area contributed by atoms with Crippen molar-refractivity contribution in [3.8, 4) is 0 Å². The SMILES string of the molecule is CC1(O)CC(=O)CC(C(=O)Nc2ccc3ncccc3c2)C1. The molecule has 2 aromatic rings. The van der Waals surface area contributed by atoms with Crippen molar-refractivity contribution < 1.29 is 14.7 Å². The van der Waals surface area contributed by atoms with Crippen LogP contribution in [0.2, 0.25) is 0 Å². The van der Waals surface area contributed by atoms with Crippen molar-refractivity contribution >= 4 is 28.3 Å². The molecule has 2 N–H and O–H groups in total. The molecule has 22 heavy (non-hydrogen) atoms. The molecule has 1 aromatic heterocycles. The smallest absolute Gasteiger partial charge is 0.228 e. The molecule has 5 heteroatoms. The zero-order valence-electron chi connectivity index (χ0n) is 12.4. The van der Waals surface area contributed by atoms with Crippen LogP contribution in [0.5, 0.6) is 0 Å². The van der Waals surface area contributed by atoms with E-state index in [4.69, 9.17) is 0 Å². The topological polar surface area (TPSA) is 79.3 Å². The van der Waals surface area contributed by atoms with E-state index in [0.717, 1.165) is 10.9 Å². The van der Waals surface area contributed by atoms with E-state index in [0.29, 0.717) is 12.1 Å². The van der Waals surface area contributed by atoms with Gasteiger partial charge in [-0.2, -0.15) is 0 Å². The van der Waals surface area contributed by atoms with Crippen molar-refractivity contribution in [2.75, 3.05) is 5.32 Å². The van der Waals surface area contributed by atoms with Crippen LogP contribution in [0.15, 0.2) is 36.5 Å². The maximum atomic E-state index is 12.3. The van der Waals surface area contributed by atoms with E-state index in [-0.39, 0.29) is 24.5 Å². The molecular formula is C17H18N2O3. The Kier molecular flexibility index (Phi) is 3.66. The van der Waals surface area contributed by atoms with E-state index < -0.39 is 11.5 Å². The summed E-state index contributed by atoms with van der Waals surface area (Å²) in [5.74, 6) is -0.781. The van der Waals surface area contributed by atoms with Crippen molar-refractivity contribution in [1.29, 1.82) is 0 Å². The van der Waals surface area contributed by atoms with E-state index in [1.165, 1.54) is 0 Å². The lowest BCUT2D eigenvalue weighted by Gasteiger charge is -2.32. The molecule has 0 radical (unpaired) electrons. The first-order chi connectivity index (χ1) is 10.4. The molecule has 2 unspecified atom stereocenters. The van der Waals surface area contributed by atoms with E-state index in [2.05, 4.69) is 10.3 Å². The summed E-state index contributed by atoms with van der Waals surface area (Å²) in [6.45, 7) is 1.60. The fraction of sp³-hybridized carbons (Fsp3) is 0.353. The van der Waals surface area contributed by atoms with Crippen molar-refractivity contribution in [1.82, 2.24) is 4.98 Å². The summed E-state index contributed by atoms with van der Waals surface area (Å²) in [7, 11) is 0. The van der Waals surface area contributed by atoms with Gasteiger partial charge in [0.05, 0.1) is 11.1 Å². The van der Waals surface area contributed by atoms with Crippen LogP contribution in [0.25, 0.3) is 10.9 Å². The third-order valence-electron chi connectivity index (χ3n) is 3.98. The molecule has 2 atom stereocenters. The van der Waals surface area contributed by atoms with Crippen molar-refractivity contribution in [3.05, 3.63) is 36.5 Å². The second kappa shape index (κ2) is 5.50. The molecule has 0 saturated heterocycles. The summed E-state index contributed by atoms with van der Waals surface area (Å²) in [4.78, 5) is 28.2. The minimum atomic E-state index is -1.09. The van der Waals surface area contributed by atoms with Crippen molar-refractivity contribution in [3.63, 3.8) is 0 Å². The maximum absolute atomic E-state index is 12.3. The standard InChI is InChI=1S/C17H18N2O3/c1-17(22)9-12(8-14(20)10-17)16(21)19-13-4-5-15-11(7-13)3-2-6-18-15/h2-7,12,22H,8-10H2,1H3,(H,19,21). The highest BCUT2D eigenvalue weighted by molar-refractivity contribution is 5.98. The van der Waals surface area contributed by atoms with Gasteiger partial charge in [0.15, 0.2) is 0 Å². The molecule has 0 aliphatic heterocycles. The number of rotatable bonds is 2. The van der Waals surface area contributed by atoms with Gasteiger partial charge in [0.25, 0.3) is 0 Å². The van der Waals surface area contributed by atoms with Crippen LogP contribution in [-0.4, -0.2) is 27.4 Å². The monoisotopic (exact) mass is 298 g/mol. The van der Waals surface area contributed by atoms with Gasteiger partial charge in [0, 0.05) is 36.0 Å². The molecule has 1 fully saturated rings. The van der Waals surface area contributed by atoms with Gasteiger partial charge in [-0.05, 0) is 37.6 Å². The summed E-state index contributed by atoms with van der Waals surface area (Å²) in [6.07, 6.45) is 2.34. The van der Waals surface area contributed by atoms with Gasteiger partial charge in [0.2, 0.25) is 5.91 Å². The Hall–Kier alpha value is -2.27. The number of hydrogen-bond donors (Lipinski definition) is 2. The van der Waals surface area contributed by atoms with E-state index >= 15 is 0 Å². The molecule has 1 aliphatic rings. The second-order valence-electron chi connectivity index (χ2n) is 6.22. The fourth-order valence-corrected chi connectivity index (χ4v) is 3.03. The molecule has 114 valence electrons. The summed E-state index contributed by atoms with van der Waals surface area (Å²) >= 11 is 0. The number of pyridine rings is 1. The Morgan fingerprint density at radius 3 is 3.00 bits per heavy atom. The lowest BCUT2D eigenvalue weighted by Crippen LogP contribution is -2.41. The number of ketones is 1. The number of benzene rings is 1. The number of hydrogen-bond acceptors (Lipinski definition) is 4. The molecule has 0 bridgehead atoms. The van der Waals surface area contributed by atoms with Crippen LogP contribution in [0.3, 0.4) is 0 Å². The summed E-state index contributed by atoms with van der Waals surface area (Å²) in [6, 6.07) is 9.24. The Balaban J connectivity index is 1.76. The van der Waals surface area contributed by atoms with Crippen LogP contribution in [-0.2, 0) is 9.59 Å². The first-order valence-electron chi connectivity index (χ1n) is 7.33. The molecule has 1 aliphatic carbocycles. The van der Waals surface area contributed by atoms with Gasteiger partial charge in [-0.25, -0.2) is 0 Å². The highest BCUT2D eigenvalue weighted by Gasteiger charge is 2.37. The molecule has 1 amide bonds. The van der Waals surface area contributed by atoms with Gasteiger partial charge < -0.3 is 10.4 Å². The highest BCUT2D eigenvalue weighted by Crippen LogP contribution is 2.31. The summed E-state index contributed by atoms with van der Waals surface area (Å²) in [5, 5.41) is 13.8. The molecule has 3 rings (SSSR count). The first kappa shape index (κ1) is 14.7. The zero-order valence-corrected chi connectivity index (χ0v) is 12.4. The third kappa shape index (κ3) is 3.14. The number of aromatic nitrogens is 1. The number of fused-ring (bicyclic) bond motifs is 1. The average Bonchev–Trinajstić information content (AvgIpc) is 2.45. The maximum Gasteiger partial charge on any atom is 0.228 e. The van der Waals surface area contributed by atoms with E-state index in [1.807, 2.05) is 24.3 Å². The number of carbonyl (C=O) groups excluding carboxylic acids is 2. The summed E-state index contributed by atoms with van der Waals surface area (Å²) < 4.78 is 0. The second-order valence-corrected chi connectivity index (χ2v) is 6.22. The zero-order chi connectivity index (χ0) is 15.7. The summed E-state index contributed by atoms with van der Waals surface area (Å²) in [5.41, 5.74) is 0.435. The van der Waals surface area contributed by atoms with E-state index in [1.54, 1.807) is 19.2 Å². The van der Waals surface area contributed by atoms with Gasteiger partial charge in [-0.1, -0.05) is 6.07 Å². The Labute approximate surface area is 128 Å². The Morgan fingerprint density at radius 2 is 2.23 bits per heavy atom. The number of aliphatic hydroxyl groups is 1. The largest absolute Gasteiger partial charge is 0.390 e. The number of nitrogens with zero attached hydrogens (tertiary/aromatic N) is 1. The van der Waals surface area contributed by atoms with Gasteiger partial charge in [-0.15, -0.1) is 0 Å². The van der Waals surface area contributed by atoms with Crippen LogP contribution in [0.4, 0.5) is 5.69 Å². The molecule has 5 nitrogen and oxygen atoms in total. The molecule has 1 aromatic carbocycles. The van der Waals surface area contributed by atoms with Crippen LogP contribution in [0, 0.1) is 5.92 Å². The van der Waals surface area contributed by atoms with Gasteiger partial charge in [-0.3, -0.25) is 14.6 Å². The van der Waals surface area contributed by atoms with E-state index in [9.17, 15) is 14.7 Å². The quantitative estimate of drug-likeness (QED) is 0.891. The normalized spacial score (nSPS) is 25.2. The molecular weight excluding hydrogens is 280 g/mol. The van der Waals surface area contributed by atoms with Crippen molar-refractivity contribution in [2.45, 2.75) is 31.8 Å². The molecule has 0 spiro atoms. The number of amides is 1. The highest BCUT2D eigenvalue weighted by atomic mass is 16.3. The average molecular weight is 298 g/mol. The van der Waals surface area contributed by atoms with Crippen LogP contribution < -0.4 is 5.32 Å². The Bertz CT molecular complexity index is 740. The number of anilines is 1.